The van der Waals surface area contributed by atoms with E-state index in [-0.39, 0.29) is 30.9 Å². The summed E-state index contributed by atoms with van der Waals surface area (Å²) in [7, 11) is 0. The lowest BCUT2D eigenvalue weighted by molar-refractivity contribution is -0.152. The summed E-state index contributed by atoms with van der Waals surface area (Å²) in [4.78, 5) is 38.2. The molecule has 180 valence electrons. The van der Waals surface area contributed by atoms with Crippen LogP contribution < -0.4 is 5.32 Å². The molecule has 1 unspecified atom stereocenters. The maximum absolute atomic E-state index is 12.7. The number of nitrogens with one attached hydrogen (secondary N) is 1. The lowest BCUT2D eigenvalue weighted by atomic mass is 9.98. The van der Waals surface area contributed by atoms with Gasteiger partial charge in [-0.15, -0.1) is 0 Å². The van der Waals surface area contributed by atoms with Gasteiger partial charge in [-0.05, 0) is 54.4 Å². The van der Waals surface area contributed by atoms with E-state index in [1.54, 1.807) is 0 Å². The Balaban J connectivity index is 1.30. The van der Waals surface area contributed by atoms with Crippen LogP contribution in [-0.2, 0) is 14.3 Å². The third kappa shape index (κ3) is 5.08. The zero-order chi connectivity index (χ0) is 24.1. The number of alkyl carbamates (subject to hydrolysis) is 1. The van der Waals surface area contributed by atoms with E-state index in [2.05, 4.69) is 29.6 Å². The van der Waals surface area contributed by atoms with Gasteiger partial charge in [0.15, 0.2) is 0 Å². The van der Waals surface area contributed by atoms with Crippen molar-refractivity contribution < 1.29 is 24.2 Å². The van der Waals surface area contributed by atoms with Crippen molar-refractivity contribution in [1.29, 1.82) is 0 Å². The van der Waals surface area contributed by atoms with Gasteiger partial charge >= 0.3 is 12.1 Å². The Morgan fingerprint density at radius 3 is 2.32 bits per heavy atom. The van der Waals surface area contributed by atoms with E-state index in [0.717, 1.165) is 24.0 Å². The molecule has 7 heteroatoms. The summed E-state index contributed by atoms with van der Waals surface area (Å²) in [5, 5.41) is 12.3. The number of aliphatic carboxylic acids is 1. The van der Waals surface area contributed by atoms with Gasteiger partial charge in [-0.2, -0.15) is 0 Å². The second-order valence-electron chi connectivity index (χ2n) is 9.05. The monoisotopic (exact) mass is 464 g/mol. The Hall–Kier alpha value is -3.35. The van der Waals surface area contributed by atoms with Gasteiger partial charge in [-0.25, -0.2) is 9.59 Å². The molecule has 7 nitrogen and oxygen atoms in total. The van der Waals surface area contributed by atoms with Gasteiger partial charge < -0.3 is 20.1 Å². The zero-order valence-electron chi connectivity index (χ0n) is 19.5. The normalized spacial score (nSPS) is 18.0. The predicted molar refractivity (Wildman–Crippen MR) is 129 cm³/mol. The van der Waals surface area contributed by atoms with Crippen molar-refractivity contribution in [3.05, 3.63) is 59.7 Å². The molecule has 4 rings (SSSR count). The van der Waals surface area contributed by atoms with E-state index in [0.29, 0.717) is 25.8 Å². The van der Waals surface area contributed by atoms with Gasteiger partial charge in [-0.1, -0.05) is 55.5 Å². The summed E-state index contributed by atoms with van der Waals surface area (Å²) in [6.07, 6.45) is 2.94. The second-order valence-corrected chi connectivity index (χ2v) is 9.05. The standard InChI is InChI=1S/C27H32N2O5/c1-2-18(14-15-25(30)29-16-8-7-13-24(29)26(31)32)28-27(33)34-17-23-21-11-5-3-9-19(21)20-10-4-6-12-22(20)23/h3-6,9-12,18,23-24H,2,7-8,13-17H2,1H3,(H,28,33)(H,31,32)/t18?,24-/m1/s1. The van der Waals surface area contributed by atoms with E-state index in [4.69, 9.17) is 4.74 Å². The number of carboxylic acids is 1. The third-order valence-electron chi connectivity index (χ3n) is 6.97. The van der Waals surface area contributed by atoms with E-state index >= 15 is 0 Å². The third-order valence-corrected chi connectivity index (χ3v) is 6.97. The molecule has 1 aliphatic heterocycles. The molecule has 1 saturated heterocycles. The molecule has 0 aromatic heterocycles. The number of benzene rings is 2. The van der Waals surface area contributed by atoms with Crippen LogP contribution >= 0.6 is 0 Å². The van der Waals surface area contributed by atoms with Gasteiger partial charge in [0.2, 0.25) is 5.91 Å². The molecular formula is C27H32N2O5. The lowest BCUT2D eigenvalue weighted by Crippen LogP contribution is -2.48. The minimum Gasteiger partial charge on any atom is -0.480 e. The number of amides is 2. The minimum absolute atomic E-state index is 0.00754. The number of carbonyl (C=O) groups excluding carboxylic acids is 2. The molecule has 0 bridgehead atoms. The number of carbonyl (C=O) groups is 3. The summed E-state index contributed by atoms with van der Waals surface area (Å²) >= 11 is 0. The highest BCUT2D eigenvalue weighted by atomic mass is 16.5. The maximum Gasteiger partial charge on any atom is 0.407 e. The number of carboxylic acid groups (broad SMARTS) is 1. The quantitative estimate of drug-likeness (QED) is 0.598. The lowest BCUT2D eigenvalue weighted by Gasteiger charge is -2.33. The first-order valence-corrected chi connectivity index (χ1v) is 12.1. The van der Waals surface area contributed by atoms with Crippen LogP contribution in [0.15, 0.2) is 48.5 Å². The van der Waals surface area contributed by atoms with Crippen LogP contribution in [-0.4, -0.2) is 53.2 Å². The van der Waals surface area contributed by atoms with Crippen LogP contribution in [0, 0.1) is 0 Å². The molecule has 1 aliphatic carbocycles. The summed E-state index contributed by atoms with van der Waals surface area (Å²) in [6, 6.07) is 15.4. The molecule has 2 amide bonds. The SMILES string of the molecule is CCC(CCC(=O)N1CCCC[C@@H]1C(=O)O)NC(=O)OCC1c2ccccc2-c2ccccc21. The first kappa shape index (κ1) is 23.8. The van der Waals surface area contributed by atoms with Crippen LogP contribution in [0.4, 0.5) is 4.79 Å². The number of rotatable bonds is 8. The van der Waals surface area contributed by atoms with E-state index in [9.17, 15) is 19.5 Å². The Kier molecular flexibility index (Phi) is 7.50. The highest BCUT2D eigenvalue weighted by molar-refractivity contribution is 5.84. The molecule has 1 fully saturated rings. The van der Waals surface area contributed by atoms with Crippen molar-refractivity contribution in [2.45, 2.75) is 63.5 Å². The predicted octanol–water partition coefficient (Wildman–Crippen LogP) is 4.55. The van der Waals surface area contributed by atoms with Crippen molar-refractivity contribution in [3.8, 4) is 11.1 Å². The van der Waals surface area contributed by atoms with Crippen LogP contribution in [0.5, 0.6) is 0 Å². The van der Waals surface area contributed by atoms with Crippen LogP contribution in [0.2, 0.25) is 0 Å². The number of ether oxygens (including phenoxy) is 1. The Labute approximate surface area is 200 Å². The van der Waals surface area contributed by atoms with Crippen molar-refractivity contribution >= 4 is 18.0 Å². The highest BCUT2D eigenvalue weighted by Crippen LogP contribution is 2.44. The van der Waals surface area contributed by atoms with E-state index < -0.39 is 18.1 Å². The Morgan fingerprint density at radius 2 is 1.71 bits per heavy atom. The fourth-order valence-corrected chi connectivity index (χ4v) is 5.11. The number of hydrogen-bond acceptors (Lipinski definition) is 4. The first-order valence-electron chi connectivity index (χ1n) is 12.1. The molecule has 34 heavy (non-hydrogen) atoms. The number of nitrogens with zero attached hydrogens (tertiary/aromatic N) is 1. The van der Waals surface area contributed by atoms with Crippen molar-refractivity contribution in [2.75, 3.05) is 13.2 Å². The summed E-state index contributed by atoms with van der Waals surface area (Å²) < 4.78 is 5.62. The zero-order valence-corrected chi connectivity index (χ0v) is 19.5. The first-order chi connectivity index (χ1) is 16.5. The van der Waals surface area contributed by atoms with Crippen LogP contribution in [0.3, 0.4) is 0 Å². The molecule has 2 N–H and O–H groups in total. The van der Waals surface area contributed by atoms with Crippen molar-refractivity contribution in [2.24, 2.45) is 0 Å². The van der Waals surface area contributed by atoms with Gasteiger partial charge in [-0.3, -0.25) is 4.79 Å². The molecule has 2 aromatic carbocycles. The molecule has 2 aliphatic rings. The van der Waals surface area contributed by atoms with Crippen molar-refractivity contribution in [1.82, 2.24) is 10.2 Å². The fraction of sp³-hybridized carbons (Fsp3) is 0.444. The van der Waals surface area contributed by atoms with Gasteiger partial charge in [0.05, 0.1) is 0 Å². The number of likely N-dealkylation sites (tertiary alicyclic amines) is 1. The number of hydrogen-bond donors (Lipinski definition) is 2. The van der Waals surface area contributed by atoms with E-state index in [1.807, 2.05) is 31.2 Å². The summed E-state index contributed by atoms with van der Waals surface area (Å²) in [6.45, 7) is 2.66. The maximum atomic E-state index is 12.7. The Morgan fingerprint density at radius 1 is 1.06 bits per heavy atom. The van der Waals surface area contributed by atoms with Crippen LogP contribution in [0.1, 0.15) is 62.5 Å². The fourth-order valence-electron chi connectivity index (χ4n) is 5.11. The summed E-state index contributed by atoms with van der Waals surface area (Å²) in [5.74, 6) is -1.12. The molecule has 2 aromatic rings. The van der Waals surface area contributed by atoms with Gasteiger partial charge in [0, 0.05) is 24.9 Å². The number of fused-ring (bicyclic) bond motifs is 3. The highest BCUT2D eigenvalue weighted by Gasteiger charge is 2.32. The second kappa shape index (κ2) is 10.7. The largest absolute Gasteiger partial charge is 0.480 e. The smallest absolute Gasteiger partial charge is 0.407 e. The average molecular weight is 465 g/mol. The molecule has 1 heterocycles. The molecule has 0 radical (unpaired) electrons. The molecule has 0 spiro atoms. The molecular weight excluding hydrogens is 432 g/mol. The minimum atomic E-state index is -0.947. The topological polar surface area (TPSA) is 95.9 Å². The average Bonchev–Trinajstić information content (AvgIpc) is 3.18. The van der Waals surface area contributed by atoms with E-state index in [1.165, 1.54) is 16.0 Å². The number of piperidine rings is 1. The summed E-state index contributed by atoms with van der Waals surface area (Å²) in [5.41, 5.74) is 4.66. The van der Waals surface area contributed by atoms with Crippen molar-refractivity contribution in [3.63, 3.8) is 0 Å². The van der Waals surface area contributed by atoms with Gasteiger partial charge in [0.25, 0.3) is 0 Å². The molecule has 2 atom stereocenters. The Bertz CT molecular complexity index is 1010. The van der Waals surface area contributed by atoms with Crippen LogP contribution in [0.25, 0.3) is 11.1 Å². The van der Waals surface area contributed by atoms with Gasteiger partial charge in [0.1, 0.15) is 12.6 Å². The molecule has 0 saturated carbocycles.